The Morgan fingerprint density at radius 3 is 2.50 bits per heavy atom. The predicted molar refractivity (Wildman–Crippen MR) is 64.4 cm³/mol. The largest absolute Gasteiger partial charge is 0.513 e. The van der Waals surface area contributed by atoms with E-state index in [4.69, 9.17) is 14.6 Å². The molecule has 18 heavy (non-hydrogen) atoms. The molecule has 0 heterocycles. The number of hydrogen-bond acceptors (Lipinski definition) is 4. The molecule has 0 aliphatic rings. The monoisotopic (exact) mass is 250 g/mol. The van der Waals surface area contributed by atoms with Crippen LogP contribution in [-0.2, 0) is 9.53 Å². The van der Waals surface area contributed by atoms with Crippen molar-refractivity contribution in [3.05, 3.63) is 42.5 Å². The number of carbonyl (C=O) groups excluding carboxylic acids is 1. The number of para-hydroxylation sites is 1. The van der Waals surface area contributed by atoms with Crippen LogP contribution < -0.4 is 4.74 Å². The van der Waals surface area contributed by atoms with E-state index in [0.717, 1.165) is 0 Å². The molecule has 0 saturated carbocycles. The summed E-state index contributed by atoms with van der Waals surface area (Å²) in [4.78, 5) is 21.6. The molecule has 0 spiro atoms. The molecule has 96 valence electrons. The molecule has 0 aromatic heterocycles. The standard InChI is InChI=1S/C13H14O5/c1-10(12(14)15)6-5-9-17-13(16)18-11-7-3-2-4-8-11/h2-4,7-8H,1,5-6,9H2,(H,14,15). The summed E-state index contributed by atoms with van der Waals surface area (Å²) in [5, 5.41) is 8.55. The third-order valence-corrected chi connectivity index (χ3v) is 2.09. The van der Waals surface area contributed by atoms with Crippen molar-refractivity contribution in [1.29, 1.82) is 0 Å². The van der Waals surface area contributed by atoms with E-state index in [9.17, 15) is 9.59 Å². The van der Waals surface area contributed by atoms with Crippen molar-refractivity contribution in [3.63, 3.8) is 0 Å². The third kappa shape index (κ3) is 5.16. The number of ether oxygens (including phenoxy) is 2. The van der Waals surface area contributed by atoms with Gasteiger partial charge in [0.25, 0.3) is 0 Å². The minimum atomic E-state index is -1.04. The van der Waals surface area contributed by atoms with Gasteiger partial charge in [-0.3, -0.25) is 0 Å². The smallest absolute Gasteiger partial charge is 0.478 e. The maximum atomic E-state index is 11.2. The summed E-state index contributed by atoms with van der Waals surface area (Å²) in [6, 6.07) is 8.54. The molecule has 0 aliphatic heterocycles. The topological polar surface area (TPSA) is 72.8 Å². The summed E-state index contributed by atoms with van der Waals surface area (Å²) < 4.78 is 9.65. The fraction of sp³-hybridized carbons (Fsp3) is 0.231. The molecule has 0 radical (unpaired) electrons. The summed E-state index contributed by atoms with van der Waals surface area (Å²) in [5.41, 5.74) is 0.0926. The number of rotatable bonds is 6. The number of carboxylic acid groups (broad SMARTS) is 1. The van der Waals surface area contributed by atoms with Gasteiger partial charge >= 0.3 is 12.1 Å². The van der Waals surface area contributed by atoms with Crippen LogP contribution in [0.3, 0.4) is 0 Å². The second kappa shape index (κ2) is 7.11. The highest BCUT2D eigenvalue weighted by Gasteiger charge is 2.07. The van der Waals surface area contributed by atoms with Gasteiger partial charge in [0.2, 0.25) is 0 Å². The van der Waals surface area contributed by atoms with Crippen LogP contribution in [0.1, 0.15) is 12.8 Å². The lowest BCUT2D eigenvalue weighted by molar-refractivity contribution is -0.132. The van der Waals surface area contributed by atoms with E-state index in [0.29, 0.717) is 12.2 Å². The summed E-state index contributed by atoms with van der Waals surface area (Å²) in [6.07, 6.45) is -0.134. The first-order valence-corrected chi connectivity index (χ1v) is 5.40. The number of hydrogen-bond donors (Lipinski definition) is 1. The fourth-order valence-corrected chi connectivity index (χ4v) is 1.16. The Balaban J connectivity index is 2.18. The second-order valence-electron chi connectivity index (χ2n) is 3.53. The molecule has 0 aliphatic carbocycles. The first kappa shape index (κ1) is 13.8. The number of benzene rings is 1. The third-order valence-electron chi connectivity index (χ3n) is 2.09. The van der Waals surface area contributed by atoms with Crippen molar-refractivity contribution < 1.29 is 24.2 Å². The predicted octanol–water partition coefficient (Wildman–Crippen LogP) is 2.62. The van der Waals surface area contributed by atoms with Crippen molar-refractivity contribution in [2.24, 2.45) is 0 Å². The molecule has 1 rings (SSSR count). The van der Waals surface area contributed by atoms with Gasteiger partial charge in [0.05, 0.1) is 6.61 Å². The molecular formula is C13H14O5. The summed E-state index contributed by atoms with van der Waals surface area (Å²) >= 11 is 0. The van der Waals surface area contributed by atoms with Crippen molar-refractivity contribution >= 4 is 12.1 Å². The molecule has 0 saturated heterocycles. The van der Waals surface area contributed by atoms with E-state index in [1.807, 2.05) is 0 Å². The van der Waals surface area contributed by atoms with Crippen LogP contribution in [0.25, 0.3) is 0 Å². The van der Waals surface area contributed by atoms with Gasteiger partial charge in [0.15, 0.2) is 0 Å². The fourth-order valence-electron chi connectivity index (χ4n) is 1.16. The van der Waals surface area contributed by atoms with Crippen LogP contribution in [0.2, 0.25) is 0 Å². The quantitative estimate of drug-likeness (QED) is 0.363. The molecule has 0 unspecified atom stereocenters. The van der Waals surface area contributed by atoms with Crippen LogP contribution in [0.15, 0.2) is 42.5 Å². The van der Waals surface area contributed by atoms with Crippen molar-refractivity contribution in [2.45, 2.75) is 12.8 Å². The van der Waals surface area contributed by atoms with Gasteiger partial charge in [-0.2, -0.15) is 0 Å². The van der Waals surface area contributed by atoms with Crippen LogP contribution in [-0.4, -0.2) is 23.8 Å². The van der Waals surface area contributed by atoms with E-state index in [1.165, 1.54) is 0 Å². The molecule has 0 atom stereocenters. The lowest BCUT2D eigenvalue weighted by Crippen LogP contribution is -2.12. The van der Waals surface area contributed by atoms with Gasteiger partial charge in [-0.05, 0) is 25.0 Å². The molecule has 1 aromatic rings. The number of carbonyl (C=O) groups is 2. The van der Waals surface area contributed by atoms with Crippen LogP contribution >= 0.6 is 0 Å². The molecule has 0 fully saturated rings. The highest BCUT2D eigenvalue weighted by atomic mass is 16.7. The van der Waals surface area contributed by atoms with Crippen molar-refractivity contribution in [3.8, 4) is 5.75 Å². The summed E-state index contributed by atoms with van der Waals surface area (Å²) in [5.74, 6) is -0.640. The van der Waals surface area contributed by atoms with Crippen molar-refractivity contribution in [1.82, 2.24) is 0 Å². The molecule has 0 amide bonds. The van der Waals surface area contributed by atoms with Crippen LogP contribution in [0, 0.1) is 0 Å². The Morgan fingerprint density at radius 2 is 1.89 bits per heavy atom. The van der Waals surface area contributed by atoms with Crippen molar-refractivity contribution in [2.75, 3.05) is 6.61 Å². The van der Waals surface area contributed by atoms with Gasteiger partial charge in [0.1, 0.15) is 5.75 Å². The molecule has 5 heteroatoms. The molecule has 1 N–H and O–H groups in total. The maximum absolute atomic E-state index is 11.2. The average Bonchev–Trinajstić information content (AvgIpc) is 2.35. The van der Waals surface area contributed by atoms with E-state index in [1.54, 1.807) is 30.3 Å². The zero-order valence-corrected chi connectivity index (χ0v) is 9.80. The lowest BCUT2D eigenvalue weighted by atomic mass is 10.2. The molecular weight excluding hydrogens is 236 g/mol. The van der Waals surface area contributed by atoms with Crippen LogP contribution in [0.4, 0.5) is 4.79 Å². The van der Waals surface area contributed by atoms with Gasteiger partial charge in [-0.1, -0.05) is 24.8 Å². The van der Waals surface area contributed by atoms with Crippen LogP contribution in [0.5, 0.6) is 5.75 Å². The van der Waals surface area contributed by atoms with Gasteiger partial charge in [-0.15, -0.1) is 0 Å². The summed E-state index contributed by atoms with van der Waals surface area (Å²) in [6.45, 7) is 3.46. The first-order valence-electron chi connectivity index (χ1n) is 5.40. The minimum Gasteiger partial charge on any atom is -0.478 e. The van der Waals surface area contributed by atoms with E-state index in [2.05, 4.69) is 6.58 Å². The van der Waals surface area contributed by atoms with E-state index >= 15 is 0 Å². The number of aliphatic carboxylic acids is 1. The summed E-state index contributed by atoms with van der Waals surface area (Å²) in [7, 11) is 0. The molecule has 0 bridgehead atoms. The molecule has 1 aromatic carbocycles. The number of carboxylic acids is 1. The average molecular weight is 250 g/mol. The second-order valence-corrected chi connectivity index (χ2v) is 3.53. The zero-order valence-electron chi connectivity index (χ0n) is 9.80. The van der Waals surface area contributed by atoms with Gasteiger partial charge in [-0.25, -0.2) is 9.59 Å². The maximum Gasteiger partial charge on any atom is 0.513 e. The highest BCUT2D eigenvalue weighted by molar-refractivity contribution is 5.85. The van der Waals surface area contributed by atoms with E-state index < -0.39 is 12.1 Å². The SMILES string of the molecule is C=C(CCCOC(=O)Oc1ccccc1)C(=O)O. The van der Waals surface area contributed by atoms with E-state index in [-0.39, 0.29) is 18.6 Å². The zero-order chi connectivity index (χ0) is 13.4. The highest BCUT2D eigenvalue weighted by Crippen LogP contribution is 2.09. The van der Waals surface area contributed by atoms with Gasteiger partial charge in [0, 0.05) is 5.57 Å². The Labute approximate surface area is 105 Å². The lowest BCUT2D eigenvalue weighted by Gasteiger charge is -2.05. The Hall–Kier alpha value is -2.30. The Kier molecular flexibility index (Phi) is 5.44. The Morgan fingerprint density at radius 1 is 1.22 bits per heavy atom. The molecule has 5 nitrogen and oxygen atoms in total. The normalized spacial score (nSPS) is 9.56. The first-order chi connectivity index (χ1) is 8.59. The van der Waals surface area contributed by atoms with Gasteiger partial charge < -0.3 is 14.6 Å². The Bertz CT molecular complexity index is 424. The minimum absolute atomic E-state index is 0.0926.